The predicted molar refractivity (Wildman–Crippen MR) is 61.5 cm³/mol. The molecule has 102 valence electrons. The topological polar surface area (TPSA) is 41.5 Å². The van der Waals surface area contributed by atoms with Crippen molar-refractivity contribution in [3.63, 3.8) is 0 Å². The monoisotopic (exact) mass is 283 g/mol. The van der Waals surface area contributed by atoms with Crippen LogP contribution in [0.2, 0.25) is 5.02 Å². The van der Waals surface area contributed by atoms with Gasteiger partial charge in [0.2, 0.25) is 0 Å². The highest BCUT2D eigenvalue weighted by Crippen LogP contribution is 2.30. The van der Waals surface area contributed by atoms with E-state index < -0.39 is 12.1 Å². The third-order valence-corrected chi connectivity index (χ3v) is 2.36. The van der Waals surface area contributed by atoms with Crippen molar-refractivity contribution in [2.45, 2.75) is 19.3 Å². The second-order valence-corrected chi connectivity index (χ2v) is 3.97. The molecule has 0 aliphatic rings. The lowest BCUT2D eigenvalue weighted by Crippen LogP contribution is -2.18. The third kappa shape index (κ3) is 5.57. The van der Waals surface area contributed by atoms with Gasteiger partial charge < -0.3 is 15.2 Å². The first-order valence-corrected chi connectivity index (χ1v) is 5.66. The average molecular weight is 284 g/mol. The smallest absolute Gasteiger partial charge is 0.404 e. The van der Waals surface area contributed by atoms with Gasteiger partial charge in [0, 0.05) is 13.2 Å². The Bertz CT molecular complexity index is 385. The molecular weight excluding hydrogens is 271 g/mol. The summed E-state index contributed by atoms with van der Waals surface area (Å²) in [7, 11) is 0. The summed E-state index contributed by atoms with van der Waals surface area (Å²) >= 11 is 5.68. The van der Waals surface area contributed by atoms with Gasteiger partial charge in [0.15, 0.2) is 0 Å². The lowest BCUT2D eigenvalue weighted by Gasteiger charge is -2.11. The van der Waals surface area contributed by atoms with Gasteiger partial charge in [0.1, 0.15) is 5.75 Å². The van der Waals surface area contributed by atoms with E-state index in [1.165, 1.54) is 18.2 Å². The first-order chi connectivity index (χ1) is 8.42. The summed E-state index contributed by atoms with van der Waals surface area (Å²) in [4.78, 5) is 0. The van der Waals surface area contributed by atoms with Crippen molar-refractivity contribution in [1.29, 1.82) is 0 Å². The maximum atomic E-state index is 12.0. The third-order valence-electron chi connectivity index (χ3n) is 2.06. The van der Waals surface area contributed by atoms with Crippen molar-refractivity contribution in [3.05, 3.63) is 28.8 Å². The summed E-state index contributed by atoms with van der Waals surface area (Å²) in [6.45, 7) is 1.17. The molecule has 1 aromatic carbocycles. The number of hydrogen-bond acceptors (Lipinski definition) is 3. The summed E-state index contributed by atoms with van der Waals surface area (Å²) < 4.78 is 39.7. The van der Waals surface area contributed by atoms with E-state index in [0.717, 1.165) is 5.56 Å². The van der Waals surface area contributed by atoms with Crippen LogP contribution in [0.25, 0.3) is 0 Å². The van der Waals surface area contributed by atoms with E-state index in [1.807, 2.05) is 0 Å². The van der Waals surface area contributed by atoms with E-state index in [9.17, 15) is 13.2 Å². The van der Waals surface area contributed by atoms with Crippen LogP contribution in [0.4, 0.5) is 13.2 Å². The first kappa shape index (κ1) is 15.1. The average Bonchev–Trinajstić information content (AvgIpc) is 2.26. The van der Waals surface area contributed by atoms with Crippen LogP contribution in [0, 0.1) is 0 Å². The molecule has 3 nitrogen and oxygen atoms in total. The van der Waals surface area contributed by atoms with Gasteiger partial charge in [-0.1, -0.05) is 17.7 Å². The number of benzene rings is 1. The molecule has 0 heterocycles. The van der Waals surface area contributed by atoms with Crippen molar-refractivity contribution in [2.24, 2.45) is 0 Å². The minimum atomic E-state index is -4.75. The van der Waals surface area contributed by atoms with Gasteiger partial charge >= 0.3 is 6.36 Å². The Morgan fingerprint density at radius 2 is 2.06 bits per heavy atom. The molecule has 0 aromatic heterocycles. The number of alkyl halides is 3. The molecular formula is C11H13ClF3NO2. The van der Waals surface area contributed by atoms with Crippen LogP contribution in [0.1, 0.15) is 12.0 Å². The largest absolute Gasteiger partial charge is 0.573 e. The Hall–Kier alpha value is -0.980. The number of ether oxygens (including phenoxy) is 1. The lowest BCUT2D eigenvalue weighted by atomic mass is 10.2. The second-order valence-electron chi connectivity index (χ2n) is 3.57. The van der Waals surface area contributed by atoms with E-state index in [4.69, 9.17) is 16.7 Å². The fraction of sp³-hybridized carbons (Fsp3) is 0.455. The fourth-order valence-corrected chi connectivity index (χ4v) is 1.54. The summed E-state index contributed by atoms with van der Waals surface area (Å²) in [6.07, 6.45) is -4.13. The van der Waals surface area contributed by atoms with Gasteiger partial charge in [-0.25, -0.2) is 0 Å². The molecule has 0 unspecified atom stereocenters. The molecule has 0 spiro atoms. The van der Waals surface area contributed by atoms with Gasteiger partial charge in [0.05, 0.1) is 5.02 Å². The molecule has 1 aromatic rings. The van der Waals surface area contributed by atoms with Crippen LogP contribution in [-0.2, 0) is 6.54 Å². The summed E-state index contributed by atoms with van der Waals surface area (Å²) in [5, 5.41) is 11.5. The Labute approximate surface area is 108 Å². The van der Waals surface area contributed by atoms with Crippen LogP contribution in [0.5, 0.6) is 5.75 Å². The number of halogens is 4. The Kier molecular flexibility index (Phi) is 5.71. The van der Waals surface area contributed by atoms with E-state index in [0.29, 0.717) is 19.5 Å². The summed E-state index contributed by atoms with van der Waals surface area (Å²) in [5.41, 5.74) is 0.743. The normalized spacial score (nSPS) is 11.6. The SMILES string of the molecule is OCCCNCc1ccc(OC(F)(F)F)c(Cl)c1. The fourth-order valence-electron chi connectivity index (χ4n) is 1.30. The van der Waals surface area contributed by atoms with E-state index in [-0.39, 0.29) is 11.6 Å². The standard InChI is InChI=1S/C11H13ClF3NO2/c12-9-6-8(7-16-4-1-5-17)2-3-10(9)18-11(13,14)15/h2-3,6,16-17H,1,4-5,7H2. The van der Waals surface area contributed by atoms with E-state index in [2.05, 4.69) is 10.1 Å². The van der Waals surface area contributed by atoms with Crippen molar-refractivity contribution in [2.75, 3.05) is 13.2 Å². The lowest BCUT2D eigenvalue weighted by molar-refractivity contribution is -0.274. The van der Waals surface area contributed by atoms with Crippen LogP contribution in [-0.4, -0.2) is 24.6 Å². The van der Waals surface area contributed by atoms with E-state index in [1.54, 1.807) is 0 Å². The molecule has 0 bridgehead atoms. The van der Waals surface area contributed by atoms with E-state index >= 15 is 0 Å². The number of rotatable bonds is 6. The minimum Gasteiger partial charge on any atom is -0.404 e. The molecule has 0 aliphatic heterocycles. The maximum absolute atomic E-state index is 12.0. The molecule has 0 aliphatic carbocycles. The second kappa shape index (κ2) is 6.82. The summed E-state index contributed by atoms with van der Waals surface area (Å²) in [6, 6.07) is 4.09. The zero-order valence-corrected chi connectivity index (χ0v) is 10.2. The van der Waals surface area contributed by atoms with Crippen molar-refractivity contribution in [3.8, 4) is 5.75 Å². The molecule has 0 radical (unpaired) electrons. The van der Waals surface area contributed by atoms with Gasteiger partial charge in [-0.05, 0) is 30.7 Å². The zero-order valence-electron chi connectivity index (χ0n) is 9.43. The van der Waals surface area contributed by atoms with Crippen LogP contribution < -0.4 is 10.1 Å². The van der Waals surface area contributed by atoms with Crippen molar-refractivity contribution >= 4 is 11.6 Å². The molecule has 1 rings (SSSR count). The predicted octanol–water partition coefficient (Wildman–Crippen LogP) is 2.71. The Balaban J connectivity index is 2.56. The van der Waals surface area contributed by atoms with Crippen LogP contribution in [0.15, 0.2) is 18.2 Å². The molecule has 2 N–H and O–H groups in total. The van der Waals surface area contributed by atoms with Gasteiger partial charge in [-0.2, -0.15) is 0 Å². The molecule has 0 atom stereocenters. The highest BCUT2D eigenvalue weighted by molar-refractivity contribution is 6.32. The van der Waals surface area contributed by atoms with Gasteiger partial charge in [-0.3, -0.25) is 0 Å². The number of nitrogens with one attached hydrogen (secondary N) is 1. The van der Waals surface area contributed by atoms with Gasteiger partial charge in [-0.15, -0.1) is 13.2 Å². The molecule has 0 saturated carbocycles. The number of aliphatic hydroxyl groups is 1. The van der Waals surface area contributed by atoms with Crippen molar-refractivity contribution < 1.29 is 23.0 Å². The molecule has 7 heteroatoms. The number of hydrogen-bond donors (Lipinski definition) is 2. The molecule has 0 amide bonds. The number of aliphatic hydroxyl groups excluding tert-OH is 1. The minimum absolute atomic E-state index is 0.0891. The van der Waals surface area contributed by atoms with Crippen molar-refractivity contribution in [1.82, 2.24) is 5.32 Å². The highest BCUT2D eigenvalue weighted by Gasteiger charge is 2.31. The zero-order chi connectivity index (χ0) is 13.6. The maximum Gasteiger partial charge on any atom is 0.573 e. The van der Waals surface area contributed by atoms with Crippen LogP contribution >= 0.6 is 11.6 Å². The molecule has 0 fully saturated rings. The first-order valence-electron chi connectivity index (χ1n) is 5.28. The highest BCUT2D eigenvalue weighted by atomic mass is 35.5. The Morgan fingerprint density at radius 3 is 2.61 bits per heavy atom. The molecule has 18 heavy (non-hydrogen) atoms. The Morgan fingerprint density at radius 1 is 1.33 bits per heavy atom. The van der Waals surface area contributed by atoms with Gasteiger partial charge in [0.25, 0.3) is 0 Å². The molecule has 0 saturated heterocycles. The quantitative estimate of drug-likeness (QED) is 0.789. The summed E-state index contributed by atoms with van der Waals surface area (Å²) in [5.74, 6) is -0.414. The van der Waals surface area contributed by atoms with Crippen LogP contribution in [0.3, 0.4) is 0 Å².